The number of nitrogens with two attached hydrogens (primary N) is 1. The van der Waals surface area contributed by atoms with Gasteiger partial charge >= 0.3 is 0 Å². The molecule has 4 aromatic carbocycles. The highest BCUT2D eigenvalue weighted by Crippen LogP contribution is 2.36. The van der Waals surface area contributed by atoms with Gasteiger partial charge in [0, 0.05) is 56.0 Å². The smallest absolute Gasteiger partial charge is 0.258 e. The number of para-hydroxylation sites is 2. The van der Waals surface area contributed by atoms with Crippen molar-refractivity contribution in [1.29, 1.82) is 0 Å². The van der Waals surface area contributed by atoms with Crippen LogP contribution in [0.2, 0.25) is 0 Å². The van der Waals surface area contributed by atoms with Crippen molar-refractivity contribution in [3.05, 3.63) is 114 Å². The van der Waals surface area contributed by atoms with E-state index < -0.39 is 12.1 Å². The molecule has 4 amide bonds. The van der Waals surface area contributed by atoms with Gasteiger partial charge in [0.05, 0.1) is 11.4 Å². The molecule has 10 nitrogen and oxygen atoms in total. The molecule has 1 saturated heterocycles. The molecule has 240 valence electrons. The third-order valence-electron chi connectivity index (χ3n) is 8.87. The topological polar surface area (TPSA) is 119 Å². The first kappa shape index (κ1) is 31.7. The zero-order chi connectivity index (χ0) is 33.1. The molecule has 2 aliphatic heterocycles. The first-order valence-electron chi connectivity index (χ1n) is 15.7. The number of carbonyl (C=O) groups excluding carboxylic acids is 4. The number of rotatable bonds is 7. The summed E-state index contributed by atoms with van der Waals surface area (Å²) in [5.74, 6) is -1.45. The molecule has 6 rings (SSSR count). The fourth-order valence-electron chi connectivity index (χ4n) is 6.34. The van der Waals surface area contributed by atoms with Crippen molar-refractivity contribution < 1.29 is 19.2 Å². The van der Waals surface area contributed by atoms with Crippen LogP contribution < -0.4 is 20.9 Å². The van der Waals surface area contributed by atoms with Crippen molar-refractivity contribution in [3.63, 3.8) is 0 Å². The van der Waals surface area contributed by atoms with E-state index in [0.29, 0.717) is 41.3 Å². The highest BCUT2D eigenvalue weighted by Gasteiger charge is 2.39. The maximum absolute atomic E-state index is 14.0. The Morgan fingerprint density at radius 3 is 2.04 bits per heavy atom. The van der Waals surface area contributed by atoms with Gasteiger partial charge in [-0.25, -0.2) is 0 Å². The van der Waals surface area contributed by atoms with Crippen molar-refractivity contribution in [2.75, 3.05) is 54.9 Å². The SMILES string of the molecule is Cc1ccccc1-c1ccccc1C(=O)Nc1ccc(C(=O)N2CCC(=O)N(C(C(N)=O)N3CCN(C)CC3)c3ccccc32)cc1. The van der Waals surface area contributed by atoms with Crippen molar-refractivity contribution in [2.24, 2.45) is 5.73 Å². The molecule has 10 heteroatoms. The third-order valence-corrected chi connectivity index (χ3v) is 8.87. The van der Waals surface area contributed by atoms with Crippen LogP contribution >= 0.6 is 0 Å². The fourth-order valence-corrected chi connectivity index (χ4v) is 6.34. The molecule has 1 fully saturated rings. The molecule has 0 spiro atoms. The highest BCUT2D eigenvalue weighted by atomic mass is 16.2. The van der Waals surface area contributed by atoms with Crippen LogP contribution in [-0.2, 0) is 9.59 Å². The molecule has 0 aromatic heterocycles. The Bertz CT molecular complexity index is 1820. The molecule has 0 aliphatic carbocycles. The van der Waals surface area contributed by atoms with Crippen LogP contribution in [0, 0.1) is 6.92 Å². The van der Waals surface area contributed by atoms with Gasteiger partial charge in [-0.15, -0.1) is 0 Å². The van der Waals surface area contributed by atoms with Crippen molar-refractivity contribution >= 4 is 40.7 Å². The van der Waals surface area contributed by atoms with Gasteiger partial charge in [0.25, 0.3) is 17.7 Å². The highest BCUT2D eigenvalue weighted by molar-refractivity contribution is 6.13. The lowest BCUT2D eigenvalue weighted by atomic mass is 9.95. The number of nitrogens with zero attached hydrogens (tertiary/aromatic N) is 4. The molecule has 3 N–H and O–H groups in total. The largest absolute Gasteiger partial charge is 0.367 e. The maximum atomic E-state index is 14.0. The standard InChI is InChI=1S/C37H38N6O4/c1-25-9-3-4-10-28(25)29-11-5-6-12-30(29)35(46)39-27-17-15-26(16-18-27)37(47)42-20-19-33(44)43(32-14-8-7-13-31(32)42)36(34(38)45)41-23-21-40(2)22-24-41/h3-18,36H,19-24H2,1-2H3,(H2,38,45)(H,39,46). The molecule has 0 radical (unpaired) electrons. The quantitative estimate of drug-likeness (QED) is 0.313. The van der Waals surface area contributed by atoms with E-state index >= 15 is 0 Å². The lowest BCUT2D eigenvalue weighted by Crippen LogP contribution is -2.61. The van der Waals surface area contributed by atoms with Crippen molar-refractivity contribution in [1.82, 2.24) is 9.80 Å². The summed E-state index contributed by atoms with van der Waals surface area (Å²) in [6.07, 6.45) is -0.946. The minimum atomic E-state index is -0.966. The van der Waals surface area contributed by atoms with E-state index in [1.54, 1.807) is 59.5 Å². The molecule has 0 saturated carbocycles. The summed E-state index contributed by atoms with van der Waals surface area (Å²) in [6, 6.07) is 29.2. The summed E-state index contributed by atoms with van der Waals surface area (Å²) in [5.41, 5.74) is 11.3. The second-order valence-corrected chi connectivity index (χ2v) is 12.0. The van der Waals surface area contributed by atoms with E-state index in [4.69, 9.17) is 5.73 Å². The number of hydrogen-bond donors (Lipinski definition) is 2. The summed E-state index contributed by atoms with van der Waals surface area (Å²) >= 11 is 0. The monoisotopic (exact) mass is 630 g/mol. The van der Waals surface area contributed by atoms with Crippen LogP contribution in [-0.4, -0.2) is 79.4 Å². The van der Waals surface area contributed by atoms with Crippen molar-refractivity contribution in [2.45, 2.75) is 19.5 Å². The first-order chi connectivity index (χ1) is 22.7. The van der Waals surface area contributed by atoms with E-state index in [1.165, 1.54) is 4.90 Å². The van der Waals surface area contributed by atoms with E-state index in [1.807, 2.05) is 61.3 Å². The molecular formula is C37H38N6O4. The van der Waals surface area contributed by atoms with E-state index in [9.17, 15) is 19.2 Å². The van der Waals surface area contributed by atoms with Crippen LogP contribution in [0.4, 0.5) is 17.1 Å². The van der Waals surface area contributed by atoms with Crippen LogP contribution in [0.1, 0.15) is 32.7 Å². The van der Waals surface area contributed by atoms with Gasteiger partial charge in [-0.2, -0.15) is 0 Å². The number of primary amides is 1. The zero-order valence-electron chi connectivity index (χ0n) is 26.6. The molecule has 2 heterocycles. The van der Waals surface area contributed by atoms with Crippen LogP contribution in [0.25, 0.3) is 11.1 Å². The number of likely N-dealkylation sites (N-methyl/N-ethyl adjacent to an activating group) is 1. The third kappa shape index (κ3) is 6.51. The molecule has 4 aromatic rings. The minimum Gasteiger partial charge on any atom is -0.367 e. The lowest BCUT2D eigenvalue weighted by Gasteiger charge is -2.41. The Balaban J connectivity index is 1.23. The minimum absolute atomic E-state index is 0.0202. The fraction of sp³-hybridized carbons (Fsp3) is 0.243. The van der Waals surface area contributed by atoms with E-state index in [-0.39, 0.29) is 30.7 Å². The van der Waals surface area contributed by atoms with Gasteiger partial charge in [-0.1, -0.05) is 54.6 Å². The second kappa shape index (κ2) is 13.6. The number of amides is 4. The number of hydrogen-bond acceptors (Lipinski definition) is 6. The predicted molar refractivity (Wildman–Crippen MR) is 183 cm³/mol. The number of aryl methyl sites for hydroxylation is 1. The second-order valence-electron chi connectivity index (χ2n) is 12.0. The Morgan fingerprint density at radius 2 is 1.36 bits per heavy atom. The predicted octanol–water partition coefficient (Wildman–Crippen LogP) is 4.36. The van der Waals surface area contributed by atoms with Gasteiger partial charge in [0.2, 0.25) is 5.91 Å². The summed E-state index contributed by atoms with van der Waals surface area (Å²) in [6.45, 7) is 4.80. The van der Waals surface area contributed by atoms with Gasteiger partial charge in [-0.3, -0.25) is 29.0 Å². The Labute approximate surface area is 274 Å². The number of piperazine rings is 1. The number of nitrogens with one attached hydrogen (secondary N) is 1. The molecule has 47 heavy (non-hydrogen) atoms. The van der Waals surface area contributed by atoms with Gasteiger partial charge in [0.1, 0.15) is 0 Å². The summed E-state index contributed by atoms with van der Waals surface area (Å²) in [7, 11) is 2.01. The van der Waals surface area contributed by atoms with Gasteiger partial charge < -0.3 is 20.9 Å². The van der Waals surface area contributed by atoms with Gasteiger partial charge in [-0.05, 0) is 73.1 Å². The molecular weight excluding hydrogens is 592 g/mol. The number of fused-ring (bicyclic) bond motifs is 1. The number of anilines is 3. The average Bonchev–Trinajstić information content (AvgIpc) is 3.22. The summed E-state index contributed by atoms with van der Waals surface area (Å²) < 4.78 is 0. The summed E-state index contributed by atoms with van der Waals surface area (Å²) in [4.78, 5) is 61.0. The number of carbonyl (C=O) groups is 4. The van der Waals surface area contributed by atoms with Crippen LogP contribution in [0.5, 0.6) is 0 Å². The van der Waals surface area contributed by atoms with E-state index in [0.717, 1.165) is 29.8 Å². The molecule has 2 aliphatic rings. The average molecular weight is 631 g/mol. The Morgan fingerprint density at radius 1 is 0.745 bits per heavy atom. The van der Waals surface area contributed by atoms with Crippen molar-refractivity contribution in [3.8, 4) is 11.1 Å². The van der Waals surface area contributed by atoms with Crippen LogP contribution in [0.3, 0.4) is 0 Å². The first-order valence-corrected chi connectivity index (χ1v) is 15.7. The molecule has 1 atom stereocenters. The maximum Gasteiger partial charge on any atom is 0.258 e. The number of benzene rings is 4. The molecule has 0 bridgehead atoms. The lowest BCUT2D eigenvalue weighted by molar-refractivity contribution is -0.129. The normalized spacial score (nSPS) is 16.3. The summed E-state index contributed by atoms with van der Waals surface area (Å²) in [5, 5.41) is 2.96. The van der Waals surface area contributed by atoms with Gasteiger partial charge in [0.15, 0.2) is 6.17 Å². The Hall–Kier alpha value is -5.32. The Kier molecular flexibility index (Phi) is 9.15. The van der Waals surface area contributed by atoms with E-state index in [2.05, 4.69) is 10.2 Å². The zero-order valence-corrected chi connectivity index (χ0v) is 26.6. The molecule has 1 unspecified atom stereocenters. The van der Waals surface area contributed by atoms with Crippen LogP contribution in [0.15, 0.2) is 97.1 Å².